The maximum atomic E-state index is 12.5. The molecule has 6 nitrogen and oxygen atoms in total. The van der Waals surface area contributed by atoms with Gasteiger partial charge in [0.15, 0.2) is 0 Å². The van der Waals surface area contributed by atoms with Crippen molar-refractivity contribution in [1.82, 2.24) is 24.8 Å². The zero-order chi connectivity index (χ0) is 13.9. The maximum absolute atomic E-state index is 12.5. The van der Waals surface area contributed by atoms with Gasteiger partial charge < -0.3 is 10.2 Å². The van der Waals surface area contributed by atoms with E-state index in [1.807, 2.05) is 11.9 Å². The Labute approximate surface area is 117 Å². The summed E-state index contributed by atoms with van der Waals surface area (Å²) >= 11 is 0. The summed E-state index contributed by atoms with van der Waals surface area (Å²) in [5.41, 5.74) is 0.651. The van der Waals surface area contributed by atoms with Crippen LogP contribution in [0.3, 0.4) is 0 Å². The quantitative estimate of drug-likeness (QED) is 0.892. The Morgan fingerprint density at radius 3 is 3.10 bits per heavy atom. The molecule has 3 rings (SSSR count). The second-order valence-corrected chi connectivity index (χ2v) is 4.94. The minimum atomic E-state index is 0.0301. The molecule has 1 saturated heterocycles. The van der Waals surface area contributed by atoms with Gasteiger partial charge in [0, 0.05) is 43.8 Å². The van der Waals surface area contributed by atoms with Crippen LogP contribution >= 0.6 is 0 Å². The van der Waals surface area contributed by atoms with Crippen LogP contribution < -0.4 is 5.32 Å². The van der Waals surface area contributed by atoms with Crippen LogP contribution in [0.1, 0.15) is 16.8 Å². The Bertz CT molecular complexity index is 589. The van der Waals surface area contributed by atoms with E-state index in [0.717, 1.165) is 19.5 Å². The fraction of sp³-hybridized carbons (Fsp3) is 0.357. The summed E-state index contributed by atoms with van der Waals surface area (Å²) < 4.78 is 1.79. The number of carbonyl (C=O) groups is 1. The lowest BCUT2D eigenvalue weighted by molar-refractivity contribution is 0.0743. The number of amides is 1. The summed E-state index contributed by atoms with van der Waals surface area (Å²) in [6.07, 6.45) is 7.82. The molecule has 0 saturated carbocycles. The number of imidazole rings is 1. The van der Waals surface area contributed by atoms with Crippen molar-refractivity contribution in [1.29, 1.82) is 0 Å². The smallest absolute Gasteiger partial charge is 0.254 e. The molecule has 1 aliphatic rings. The third-order valence-electron chi connectivity index (χ3n) is 3.66. The van der Waals surface area contributed by atoms with E-state index in [-0.39, 0.29) is 11.9 Å². The van der Waals surface area contributed by atoms with Crippen molar-refractivity contribution >= 4 is 5.91 Å². The Kier molecular flexibility index (Phi) is 3.47. The van der Waals surface area contributed by atoms with Gasteiger partial charge in [-0.1, -0.05) is 0 Å². The van der Waals surface area contributed by atoms with Crippen LogP contribution in [0.25, 0.3) is 5.82 Å². The Hall–Kier alpha value is -2.21. The molecule has 1 amide bonds. The first-order valence-corrected chi connectivity index (χ1v) is 6.68. The maximum Gasteiger partial charge on any atom is 0.254 e. The van der Waals surface area contributed by atoms with Crippen LogP contribution in [-0.4, -0.2) is 51.5 Å². The first-order chi connectivity index (χ1) is 9.75. The molecule has 2 aromatic heterocycles. The second-order valence-electron chi connectivity index (χ2n) is 4.94. The topological polar surface area (TPSA) is 63.1 Å². The highest BCUT2D eigenvalue weighted by Gasteiger charge is 2.24. The summed E-state index contributed by atoms with van der Waals surface area (Å²) in [4.78, 5) is 22.6. The van der Waals surface area contributed by atoms with Crippen LogP contribution in [0.2, 0.25) is 0 Å². The fourth-order valence-electron chi connectivity index (χ4n) is 2.43. The van der Waals surface area contributed by atoms with Gasteiger partial charge in [-0.2, -0.15) is 0 Å². The van der Waals surface area contributed by atoms with Crippen LogP contribution in [0, 0.1) is 0 Å². The second kappa shape index (κ2) is 5.42. The molecule has 3 heterocycles. The average molecular weight is 271 g/mol. The van der Waals surface area contributed by atoms with Crippen LogP contribution in [0.4, 0.5) is 0 Å². The molecule has 104 valence electrons. The van der Waals surface area contributed by atoms with Gasteiger partial charge >= 0.3 is 0 Å². The van der Waals surface area contributed by atoms with Gasteiger partial charge in [0.05, 0.1) is 0 Å². The molecular formula is C14H17N5O. The molecule has 1 fully saturated rings. The van der Waals surface area contributed by atoms with Gasteiger partial charge in [-0.25, -0.2) is 9.97 Å². The van der Waals surface area contributed by atoms with E-state index in [9.17, 15) is 4.79 Å². The number of likely N-dealkylation sites (N-methyl/N-ethyl adjacent to an activating group) is 1. The number of rotatable bonds is 3. The minimum absolute atomic E-state index is 0.0301. The molecule has 0 aliphatic carbocycles. The Morgan fingerprint density at radius 1 is 1.50 bits per heavy atom. The van der Waals surface area contributed by atoms with E-state index in [1.165, 1.54) is 0 Å². The molecule has 0 spiro atoms. The van der Waals surface area contributed by atoms with Crippen molar-refractivity contribution in [3.05, 3.63) is 42.6 Å². The Morgan fingerprint density at radius 2 is 2.40 bits per heavy atom. The summed E-state index contributed by atoms with van der Waals surface area (Å²) in [6.45, 7) is 1.83. The number of carbonyl (C=O) groups excluding carboxylic acids is 1. The number of nitrogens with zero attached hydrogens (tertiary/aromatic N) is 4. The van der Waals surface area contributed by atoms with Crippen molar-refractivity contribution in [2.75, 3.05) is 20.1 Å². The van der Waals surface area contributed by atoms with Gasteiger partial charge in [0.25, 0.3) is 5.91 Å². The van der Waals surface area contributed by atoms with E-state index in [0.29, 0.717) is 11.4 Å². The summed E-state index contributed by atoms with van der Waals surface area (Å²) in [5, 5.41) is 3.27. The molecule has 1 atom stereocenters. The largest absolute Gasteiger partial charge is 0.337 e. The van der Waals surface area contributed by atoms with E-state index >= 15 is 0 Å². The summed E-state index contributed by atoms with van der Waals surface area (Å²) in [7, 11) is 1.86. The lowest BCUT2D eigenvalue weighted by Gasteiger charge is -2.23. The predicted molar refractivity (Wildman–Crippen MR) is 74.7 cm³/mol. The van der Waals surface area contributed by atoms with Crippen LogP contribution in [0.15, 0.2) is 37.1 Å². The molecule has 0 bridgehead atoms. The highest BCUT2D eigenvalue weighted by Crippen LogP contribution is 2.13. The number of hydrogen-bond acceptors (Lipinski definition) is 4. The highest BCUT2D eigenvalue weighted by molar-refractivity contribution is 5.94. The van der Waals surface area contributed by atoms with Gasteiger partial charge in [0.1, 0.15) is 12.1 Å². The van der Waals surface area contributed by atoms with E-state index in [1.54, 1.807) is 41.6 Å². The minimum Gasteiger partial charge on any atom is -0.337 e. The van der Waals surface area contributed by atoms with Crippen LogP contribution in [-0.2, 0) is 0 Å². The van der Waals surface area contributed by atoms with Crippen molar-refractivity contribution in [2.45, 2.75) is 12.5 Å². The third-order valence-corrected chi connectivity index (χ3v) is 3.66. The monoisotopic (exact) mass is 271 g/mol. The number of nitrogens with one attached hydrogen (secondary N) is 1. The average Bonchev–Trinajstić information content (AvgIpc) is 3.18. The first-order valence-electron chi connectivity index (χ1n) is 6.68. The van der Waals surface area contributed by atoms with Gasteiger partial charge in [-0.05, 0) is 25.1 Å². The van der Waals surface area contributed by atoms with E-state index in [4.69, 9.17) is 0 Å². The number of aromatic nitrogens is 3. The zero-order valence-electron chi connectivity index (χ0n) is 11.4. The van der Waals surface area contributed by atoms with Crippen molar-refractivity contribution in [3.63, 3.8) is 0 Å². The lowest BCUT2D eigenvalue weighted by Crippen LogP contribution is -2.38. The number of pyridine rings is 1. The molecular weight excluding hydrogens is 254 g/mol. The molecule has 0 radical (unpaired) electrons. The van der Waals surface area contributed by atoms with E-state index < -0.39 is 0 Å². The molecule has 1 aliphatic heterocycles. The van der Waals surface area contributed by atoms with Gasteiger partial charge in [-0.3, -0.25) is 9.36 Å². The van der Waals surface area contributed by atoms with Crippen molar-refractivity contribution in [3.8, 4) is 5.82 Å². The fourth-order valence-corrected chi connectivity index (χ4v) is 2.43. The summed E-state index contributed by atoms with van der Waals surface area (Å²) in [5.74, 6) is 0.730. The SMILES string of the molecule is CN(C(=O)c1ccnc(-n2ccnc2)c1)C1CCNC1. The molecule has 0 aromatic carbocycles. The molecule has 2 aromatic rings. The van der Waals surface area contributed by atoms with Gasteiger partial charge in [0.2, 0.25) is 0 Å². The molecule has 1 unspecified atom stereocenters. The van der Waals surface area contributed by atoms with E-state index in [2.05, 4.69) is 15.3 Å². The van der Waals surface area contributed by atoms with Crippen LogP contribution in [0.5, 0.6) is 0 Å². The third kappa shape index (κ3) is 2.42. The number of hydrogen-bond donors (Lipinski definition) is 1. The molecule has 20 heavy (non-hydrogen) atoms. The van der Waals surface area contributed by atoms with Gasteiger partial charge in [-0.15, -0.1) is 0 Å². The van der Waals surface area contributed by atoms with Crippen molar-refractivity contribution < 1.29 is 4.79 Å². The molecule has 6 heteroatoms. The predicted octanol–water partition coefficient (Wildman–Crippen LogP) is 0.701. The Balaban J connectivity index is 1.83. The highest BCUT2D eigenvalue weighted by atomic mass is 16.2. The normalized spacial score (nSPS) is 18.1. The lowest BCUT2D eigenvalue weighted by atomic mass is 10.1. The van der Waals surface area contributed by atoms with Crippen molar-refractivity contribution in [2.24, 2.45) is 0 Å². The standard InChI is InChI=1S/C14H17N5O/c1-18(12-3-4-15-9-12)14(20)11-2-5-17-13(8-11)19-7-6-16-10-19/h2,5-8,10,12,15H,3-4,9H2,1H3. The first kappa shape index (κ1) is 12.8. The molecule has 1 N–H and O–H groups in total. The summed E-state index contributed by atoms with van der Waals surface area (Å²) in [6, 6.07) is 3.82. The zero-order valence-corrected chi connectivity index (χ0v) is 11.4.